The lowest BCUT2D eigenvalue weighted by Crippen LogP contribution is -2.13. The third-order valence-corrected chi connectivity index (χ3v) is 2.15. The van der Waals surface area contributed by atoms with E-state index in [1.165, 1.54) is 0 Å². The molecule has 1 heterocycles. The zero-order valence-electron chi connectivity index (χ0n) is 3.92. The Kier molecular flexibility index (Phi) is 1.57. The van der Waals surface area contributed by atoms with Crippen molar-refractivity contribution < 1.29 is 9.29 Å². The zero-order chi connectivity index (χ0) is 5.28. The van der Waals surface area contributed by atoms with Crippen molar-refractivity contribution in [1.29, 1.82) is 0 Å². The van der Waals surface area contributed by atoms with Crippen LogP contribution in [0.2, 0.25) is 0 Å². The van der Waals surface area contributed by atoms with E-state index in [2.05, 4.69) is 6.92 Å². The van der Waals surface area contributed by atoms with Gasteiger partial charge in [0, 0.05) is 6.92 Å². The van der Waals surface area contributed by atoms with E-state index in [1.54, 1.807) is 0 Å². The van der Waals surface area contributed by atoms with Crippen LogP contribution in [-0.4, -0.2) is 22.3 Å². The third-order valence-electron chi connectivity index (χ3n) is 0.875. The molecule has 1 fully saturated rings. The summed E-state index contributed by atoms with van der Waals surface area (Å²) in [6, 6.07) is 0. The third kappa shape index (κ3) is 1.08. The average molecular weight is 119 g/mol. The Labute approximate surface area is 46.0 Å². The van der Waals surface area contributed by atoms with E-state index in [1.807, 2.05) is 0 Å². The molecule has 3 heteroatoms. The van der Waals surface area contributed by atoms with Crippen molar-refractivity contribution in [3.8, 4) is 0 Å². The molecule has 2 nitrogen and oxygen atoms in total. The Hall–Kier alpha value is 0.270. The van der Waals surface area contributed by atoms with E-state index in [-0.39, 0.29) is 5.25 Å². The summed E-state index contributed by atoms with van der Waals surface area (Å²) in [7, 11) is 0. The molecule has 0 aliphatic carbocycles. The minimum Gasteiger partial charge on any atom is -0.614 e. The van der Waals surface area contributed by atoms with Crippen LogP contribution in [0.25, 0.3) is 0 Å². The Morgan fingerprint density at radius 1 is 1.86 bits per heavy atom. The van der Waals surface area contributed by atoms with E-state index in [0.29, 0.717) is 12.5 Å². The first kappa shape index (κ1) is 5.41. The minimum absolute atomic E-state index is 0.0139. The highest BCUT2D eigenvalue weighted by Gasteiger charge is 2.24. The first-order valence-corrected chi connectivity index (χ1v) is 3.47. The van der Waals surface area contributed by atoms with Crippen LogP contribution in [-0.2, 0) is 15.9 Å². The summed E-state index contributed by atoms with van der Waals surface area (Å²) in [6.45, 7) is 4.16. The second kappa shape index (κ2) is 2.03. The number of rotatable bonds is 0. The van der Waals surface area contributed by atoms with Crippen LogP contribution in [0.1, 0.15) is 0 Å². The van der Waals surface area contributed by atoms with Gasteiger partial charge in [0.1, 0.15) is 5.25 Å². The molecule has 1 aliphatic rings. The first-order valence-electron chi connectivity index (χ1n) is 2.08. The fourth-order valence-corrected chi connectivity index (χ4v) is 1.13. The molecule has 0 saturated carbocycles. The van der Waals surface area contributed by atoms with E-state index in [4.69, 9.17) is 4.74 Å². The van der Waals surface area contributed by atoms with Gasteiger partial charge in [-0.1, -0.05) is 0 Å². The lowest BCUT2D eigenvalue weighted by molar-refractivity contribution is 0.207. The molecular formula is C4H7O2S. The molecule has 7 heavy (non-hydrogen) atoms. The van der Waals surface area contributed by atoms with Gasteiger partial charge in [-0.05, 0) is 11.2 Å². The molecule has 1 aliphatic heterocycles. The molecule has 2 atom stereocenters. The quantitative estimate of drug-likeness (QED) is 0.418. The van der Waals surface area contributed by atoms with Crippen molar-refractivity contribution in [2.24, 2.45) is 0 Å². The Bertz CT molecular complexity index is 58.7. The van der Waals surface area contributed by atoms with Crippen LogP contribution in [0.3, 0.4) is 0 Å². The van der Waals surface area contributed by atoms with Gasteiger partial charge in [0.15, 0.2) is 0 Å². The van der Waals surface area contributed by atoms with Crippen LogP contribution in [0.4, 0.5) is 0 Å². The molecule has 1 radical (unpaired) electrons. The maximum Gasteiger partial charge on any atom is 0.206 e. The molecule has 1 saturated heterocycles. The average Bonchev–Trinajstić information content (AvgIpc) is 1.91. The van der Waals surface area contributed by atoms with Gasteiger partial charge in [0.05, 0.1) is 6.61 Å². The first-order chi connectivity index (χ1) is 3.30. The van der Waals surface area contributed by atoms with Crippen LogP contribution in [0.15, 0.2) is 0 Å². The number of ether oxygens (including phenoxy) is 1. The van der Waals surface area contributed by atoms with Crippen molar-refractivity contribution in [3.63, 3.8) is 0 Å². The minimum atomic E-state index is -0.801. The topological polar surface area (TPSA) is 32.3 Å². The zero-order valence-corrected chi connectivity index (χ0v) is 4.74. The summed E-state index contributed by atoms with van der Waals surface area (Å²) in [4.78, 5) is 0. The standard InChI is InChI=1S/C4H7O2S/c1-4-2-6-3-7(4)5/h4H,1-3H2. The van der Waals surface area contributed by atoms with Gasteiger partial charge < -0.3 is 9.29 Å². The lowest BCUT2D eigenvalue weighted by atomic mass is 10.5. The maximum atomic E-state index is 10.5. The van der Waals surface area contributed by atoms with E-state index >= 15 is 0 Å². The molecule has 0 N–H and O–H groups in total. The summed E-state index contributed by atoms with van der Waals surface area (Å²) in [6.07, 6.45) is 0. The number of hydrogen-bond acceptors (Lipinski definition) is 2. The van der Waals surface area contributed by atoms with Crippen molar-refractivity contribution in [1.82, 2.24) is 0 Å². The smallest absolute Gasteiger partial charge is 0.206 e. The molecule has 0 bridgehead atoms. The van der Waals surface area contributed by atoms with Crippen LogP contribution < -0.4 is 0 Å². The normalized spacial score (nSPS) is 42.0. The lowest BCUT2D eigenvalue weighted by Gasteiger charge is -2.02. The predicted octanol–water partition coefficient (Wildman–Crippen LogP) is -0.0745. The Morgan fingerprint density at radius 3 is 2.71 bits per heavy atom. The van der Waals surface area contributed by atoms with Crippen LogP contribution in [0, 0.1) is 6.92 Å². The fourth-order valence-electron chi connectivity index (χ4n) is 0.434. The molecule has 1 rings (SSSR count). The van der Waals surface area contributed by atoms with Gasteiger partial charge >= 0.3 is 0 Å². The van der Waals surface area contributed by atoms with Crippen molar-refractivity contribution >= 4 is 11.2 Å². The van der Waals surface area contributed by atoms with Gasteiger partial charge in [-0.15, -0.1) is 0 Å². The van der Waals surface area contributed by atoms with Gasteiger partial charge in [0.25, 0.3) is 0 Å². The summed E-state index contributed by atoms with van der Waals surface area (Å²) in [5.74, 6) is 0.383. The highest BCUT2D eigenvalue weighted by atomic mass is 32.2. The van der Waals surface area contributed by atoms with Crippen LogP contribution in [0.5, 0.6) is 0 Å². The van der Waals surface area contributed by atoms with Gasteiger partial charge in [-0.25, -0.2) is 0 Å². The second-order valence-electron chi connectivity index (χ2n) is 1.49. The van der Waals surface area contributed by atoms with Crippen molar-refractivity contribution in [2.45, 2.75) is 5.25 Å². The van der Waals surface area contributed by atoms with Gasteiger partial charge in [-0.3, -0.25) is 0 Å². The highest BCUT2D eigenvalue weighted by Crippen LogP contribution is 2.09. The van der Waals surface area contributed by atoms with Crippen LogP contribution >= 0.6 is 0 Å². The second-order valence-corrected chi connectivity index (χ2v) is 3.16. The fraction of sp³-hybridized carbons (Fsp3) is 0.750. The predicted molar refractivity (Wildman–Crippen MR) is 28.1 cm³/mol. The van der Waals surface area contributed by atoms with E-state index < -0.39 is 11.2 Å². The van der Waals surface area contributed by atoms with Crippen molar-refractivity contribution in [2.75, 3.05) is 12.5 Å². The Morgan fingerprint density at radius 2 is 2.57 bits per heavy atom. The molecular weight excluding hydrogens is 112 g/mol. The molecule has 2 unspecified atom stereocenters. The molecule has 0 amide bonds. The SMILES string of the molecule is [CH2]C1COC[S+]1[O-]. The molecule has 0 aromatic heterocycles. The molecule has 0 aromatic carbocycles. The Balaban J connectivity index is 2.33. The monoisotopic (exact) mass is 119 g/mol. The summed E-state index contributed by atoms with van der Waals surface area (Å²) < 4.78 is 15.3. The largest absolute Gasteiger partial charge is 0.614 e. The maximum absolute atomic E-state index is 10.5. The van der Waals surface area contributed by atoms with Gasteiger partial charge in [-0.2, -0.15) is 0 Å². The van der Waals surface area contributed by atoms with E-state index in [9.17, 15) is 4.55 Å². The molecule has 0 aromatic rings. The number of hydrogen-bond donors (Lipinski definition) is 0. The summed E-state index contributed by atoms with van der Waals surface area (Å²) in [5.41, 5.74) is 0. The highest BCUT2D eigenvalue weighted by molar-refractivity contribution is 7.92. The molecule has 41 valence electrons. The van der Waals surface area contributed by atoms with Gasteiger partial charge in [0.2, 0.25) is 5.94 Å². The molecule has 0 spiro atoms. The van der Waals surface area contributed by atoms with E-state index in [0.717, 1.165) is 0 Å². The summed E-state index contributed by atoms with van der Waals surface area (Å²) >= 11 is -0.801. The van der Waals surface area contributed by atoms with Crippen molar-refractivity contribution in [3.05, 3.63) is 6.92 Å². The summed E-state index contributed by atoms with van der Waals surface area (Å²) in [5, 5.41) is 0.0139.